The van der Waals surface area contributed by atoms with Crippen LogP contribution in [0.1, 0.15) is 21.5 Å². The number of amides is 1. The topological polar surface area (TPSA) is 55.4 Å². The number of ether oxygens (including phenoxy) is 1. The van der Waals surface area contributed by atoms with Gasteiger partial charge in [0.1, 0.15) is 0 Å². The minimum Gasteiger partial charge on any atom is -0.448 e. The Labute approximate surface area is 126 Å². The number of rotatable bonds is 4. The van der Waals surface area contributed by atoms with E-state index in [9.17, 15) is 9.59 Å². The maximum absolute atomic E-state index is 12.1. The van der Waals surface area contributed by atoms with E-state index in [4.69, 9.17) is 4.74 Å². The number of benzene rings is 1. The SMILES string of the molecule is O=C1O[C@@H](C(=O)NCCc2ccsc2)Cc2ccccc21. The number of cyclic esters (lactones) is 1. The normalized spacial score (nSPS) is 17.0. The molecule has 0 saturated carbocycles. The maximum Gasteiger partial charge on any atom is 0.339 e. The minimum absolute atomic E-state index is 0.229. The van der Waals surface area contributed by atoms with Gasteiger partial charge in [-0.05, 0) is 40.4 Å². The number of hydrogen-bond acceptors (Lipinski definition) is 4. The number of carbonyl (C=O) groups excluding carboxylic acids is 2. The van der Waals surface area contributed by atoms with Crippen LogP contribution in [0, 0.1) is 0 Å². The molecule has 1 amide bonds. The fourth-order valence-electron chi connectivity index (χ4n) is 2.36. The number of thiophene rings is 1. The highest BCUT2D eigenvalue weighted by Gasteiger charge is 2.30. The third kappa shape index (κ3) is 3.13. The van der Waals surface area contributed by atoms with E-state index in [0.717, 1.165) is 12.0 Å². The Morgan fingerprint density at radius 2 is 2.19 bits per heavy atom. The highest BCUT2D eigenvalue weighted by atomic mass is 32.1. The van der Waals surface area contributed by atoms with Crippen LogP contribution in [0.2, 0.25) is 0 Å². The first-order chi connectivity index (χ1) is 10.2. The van der Waals surface area contributed by atoms with Crippen molar-refractivity contribution in [1.29, 1.82) is 0 Å². The zero-order valence-electron chi connectivity index (χ0n) is 11.4. The van der Waals surface area contributed by atoms with Crippen LogP contribution in [0.25, 0.3) is 0 Å². The molecule has 1 aliphatic rings. The molecular weight excluding hydrogens is 286 g/mol. The van der Waals surface area contributed by atoms with Gasteiger partial charge in [0.15, 0.2) is 6.10 Å². The number of fused-ring (bicyclic) bond motifs is 1. The van der Waals surface area contributed by atoms with E-state index >= 15 is 0 Å². The molecule has 108 valence electrons. The lowest BCUT2D eigenvalue weighted by molar-refractivity contribution is -0.130. The van der Waals surface area contributed by atoms with Gasteiger partial charge in [0.05, 0.1) is 5.56 Å². The summed E-state index contributed by atoms with van der Waals surface area (Å²) in [5.41, 5.74) is 2.62. The van der Waals surface area contributed by atoms with E-state index in [2.05, 4.69) is 10.7 Å². The molecule has 0 unspecified atom stereocenters. The summed E-state index contributed by atoms with van der Waals surface area (Å²) in [6.45, 7) is 0.547. The van der Waals surface area contributed by atoms with Gasteiger partial charge in [0.2, 0.25) is 0 Å². The van der Waals surface area contributed by atoms with E-state index in [1.54, 1.807) is 23.5 Å². The van der Waals surface area contributed by atoms with Crippen LogP contribution in [-0.2, 0) is 22.4 Å². The zero-order chi connectivity index (χ0) is 14.7. The Kier molecular flexibility index (Phi) is 4.01. The Bertz CT molecular complexity index is 651. The van der Waals surface area contributed by atoms with E-state index in [0.29, 0.717) is 18.5 Å². The molecule has 4 nitrogen and oxygen atoms in total. The maximum atomic E-state index is 12.1. The summed E-state index contributed by atoms with van der Waals surface area (Å²) in [5, 5.41) is 6.90. The highest BCUT2D eigenvalue weighted by molar-refractivity contribution is 7.07. The van der Waals surface area contributed by atoms with Crippen LogP contribution in [0.5, 0.6) is 0 Å². The Morgan fingerprint density at radius 1 is 1.33 bits per heavy atom. The molecule has 1 aliphatic heterocycles. The van der Waals surface area contributed by atoms with Crippen molar-refractivity contribution in [3.05, 3.63) is 57.8 Å². The van der Waals surface area contributed by atoms with Crippen molar-refractivity contribution in [2.24, 2.45) is 0 Å². The monoisotopic (exact) mass is 301 g/mol. The molecule has 1 N–H and O–H groups in total. The lowest BCUT2D eigenvalue weighted by atomic mass is 9.98. The molecule has 3 rings (SSSR count). The van der Waals surface area contributed by atoms with Gasteiger partial charge in [-0.2, -0.15) is 11.3 Å². The molecule has 0 saturated heterocycles. The molecule has 1 aromatic carbocycles. The van der Waals surface area contributed by atoms with Gasteiger partial charge in [0.25, 0.3) is 5.91 Å². The van der Waals surface area contributed by atoms with Crippen LogP contribution in [-0.4, -0.2) is 24.5 Å². The summed E-state index contributed by atoms with van der Waals surface area (Å²) in [6, 6.07) is 9.28. The summed E-state index contributed by atoms with van der Waals surface area (Å²) < 4.78 is 5.21. The van der Waals surface area contributed by atoms with Gasteiger partial charge in [0, 0.05) is 13.0 Å². The second kappa shape index (κ2) is 6.10. The van der Waals surface area contributed by atoms with Crippen LogP contribution in [0.3, 0.4) is 0 Å². The lowest BCUT2D eigenvalue weighted by Crippen LogP contribution is -2.42. The van der Waals surface area contributed by atoms with Gasteiger partial charge < -0.3 is 10.1 Å². The first kappa shape index (κ1) is 13.8. The predicted octanol–water partition coefficient (Wildman–Crippen LogP) is 2.19. The van der Waals surface area contributed by atoms with Crippen LogP contribution in [0.4, 0.5) is 0 Å². The number of esters is 1. The van der Waals surface area contributed by atoms with Crippen molar-refractivity contribution in [3.63, 3.8) is 0 Å². The molecular formula is C16H15NO3S. The standard InChI is InChI=1S/C16H15NO3S/c18-15(17-7-5-11-6-8-21-10-11)14-9-12-3-1-2-4-13(12)16(19)20-14/h1-4,6,8,10,14H,5,7,9H2,(H,17,18)/t14-/m1/s1. The first-order valence-corrected chi connectivity index (χ1v) is 7.76. The van der Waals surface area contributed by atoms with Crippen LogP contribution < -0.4 is 5.32 Å². The van der Waals surface area contributed by atoms with Crippen molar-refractivity contribution in [2.75, 3.05) is 6.54 Å². The van der Waals surface area contributed by atoms with Gasteiger partial charge in [-0.15, -0.1) is 0 Å². The van der Waals surface area contributed by atoms with Gasteiger partial charge in [-0.25, -0.2) is 4.79 Å². The molecule has 1 aromatic heterocycles. The molecule has 5 heteroatoms. The minimum atomic E-state index is -0.727. The van der Waals surface area contributed by atoms with E-state index in [-0.39, 0.29) is 5.91 Å². The second-order valence-corrected chi connectivity index (χ2v) is 5.71. The molecule has 21 heavy (non-hydrogen) atoms. The molecule has 2 aromatic rings. The smallest absolute Gasteiger partial charge is 0.339 e. The summed E-state index contributed by atoms with van der Waals surface area (Å²) in [7, 11) is 0. The Balaban J connectivity index is 1.58. The van der Waals surface area contributed by atoms with Crippen molar-refractivity contribution in [2.45, 2.75) is 18.9 Å². The molecule has 0 fully saturated rings. The van der Waals surface area contributed by atoms with E-state index in [1.807, 2.05) is 23.6 Å². The fraction of sp³-hybridized carbons (Fsp3) is 0.250. The lowest BCUT2D eigenvalue weighted by Gasteiger charge is -2.23. The predicted molar refractivity (Wildman–Crippen MR) is 80.4 cm³/mol. The van der Waals surface area contributed by atoms with Gasteiger partial charge >= 0.3 is 5.97 Å². The average Bonchev–Trinajstić information content (AvgIpc) is 3.00. The largest absolute Gasteiger partial charge is 0.448 e. The molecule has 0 aliphatic carbocycles. The van der Waals surface area contributed by atoms with Gasteiger partial charge in [-0.3, -0.25) is 4.79 Å². The van der Waals surface area contributed by atoms with Crippen molar-refractivity contribution in [1.82, 2.24) is 5.32 Å². The molecule has 1 atom stereocenters. The fourth-order valence-corrected chi connectivity index (χ4v) is 3.06. The van der Waals surface area contributed by atoms with Crippen LogP contribution in [0.15, 0.2) is 41.1 Å². The third-order valence-corrected chi connectivity index (χ3v) is 4.21. The van der Waals surface area contributed by atoms with Crippen molar-refractivity contribution in [3.8, 4) is 0 Å². The quantitative estimate of drug-likeness (QED) is 0.881. The van der Waals surface area contributed by atoms with Gasteiger partial charge in [-0.1, -0.05) is 18.2 Å². The summed E-state index contributed by atoms with van der Waals surface area (Å²) in [5.74, 6) is -0.650. The average molecular weight is 301 g/mol. The zero-order valence-corrected chi connectivity index (χ0v) is 12.2. The number of hydrogen-bond donors (Lipinski definition) is 1. The highest BCUT2D eigenvalue weighted by Crippen LogP contribution is 2.20. The van der Waals surface area contributed by atoms with Crippen molar-refractivity contribution < 1.29 is 14.3 Å². The Hall–Kier alpha value is -2.14. The second-order valence-electron chi connectivity index (χ2n) is 4.93. The summed E-state index contributed by atoms with van der Waals surface area (Å²) >= 11 is 1.64. The molecule has 0 radical (unpaired) electrons. The van der Waals surface area contributed by atoms with Crippen LogP contribution >= 0.6 is 11.3 Å². The number of carbonyl (C=O) groups is 2. The van der Waals surface area contributed by atoms with Crippen molar-refractivity contribution >= 4 is 23.2 Å². The first-order valence-electron chi connectivity index (χ1n) is 6.82. The molecule has 0 bridgehead atoms. The molecule has 0 spiro atoms. The van der Waals surface area contributed by atoms with E-state index < -0.39 is 12.1 Å². The number of nitrogens with one attached hydrogen (secondary N) is 1. The van der Waals surface area contributed by atoms with E-state index in [1.165, 1.54) is 5.56 Å². The summed E-state index contributed by atoms with van der Waals surface area (Å²) in [6.07, 6.45) is 0.494. The summed E-state index contributed by atoms with van der Waals surface area (Å²) in [4.78, 5) is 24.0. The Morgan fingerprint density at radius 3 is 3.00 bits per heavy atom. The third-order valence-electron chi connectivity index (χ3n) is 3.48. The molecule has 2 heterocycles.